The Hall–Kier alpha value is -3.38. The summed E-state index contributed by atoms with van der Waals surface area (Å²) in [4.78, 5) is 68.2. The maximum Gasteiger partial charge on any atom is 0.349 e. The van der Waals surface area contributed by atoms with Gasteiger partial charge in [-0.15, -0.1) is 0 Å². The first kappa shape index (κ1) is 35.6. The highest BCUT2D eigenvalue weighted by molar-refractivity contribution is 5.83. The van der Waals surface area contributed by atoms with Crippen molar-refractivity contribution in [3.8, 4) is 0 Å². The molecule has 0 aliphatic heterocycles. The first-order valence-corrected chi connectivity index (χ1v) is 10.2. The summed E-state index contributed by atoms with van der Waals surface area (Å²) in [5, 5.41) is 123. The molecule has 0 aliphatic carbocycles. The minimum Gasteiger partial charge on any atom is -0.479 e. The molecule has 0 unspecified atom stereocenters. The zero-order chi connectivity index (χ0) is 30.9. The highest BCUT2D eigenvalue weighted by atomic mass is 16.6. The molecule has 0 aromatic rings. The van der Waals surface area contributed by atoms with E-state index in [0.29, 0.717) is 0 Å². The summed E-state index contributed by atoms with van der Waals surface area (Å²) >= 11 is 0. The molecule has 21 heteroatoms. The maximum atomic E-state index is 12.2. The molecule has 0 amide bonds. The second kappa shape index (κ2) is 15.3. The molecule has 0 fully saturated rings. The number of hydrogen-bond acceptors (Lipinski definition) is 18. The Bertz CT molecular complexity index is 890. The molecule has 0 aromatic carbocycles. The van der Waals surface area contributed by atoms with Gasteiger partial charge in [-0.3, -0.25) is 0 Å². The van der Waals surface area contributed by atoms with Crippen molar-refractivity contribution in [2.45, 2.75) is 73.2 Å². The number of carboxylic acids is 3. The number of aldehydes is 1. The number of aliphatic hydroxyl groups is 10. The summed E-state index contributed by atoms with van der Waals surface area (Å²) < 4.78 is 8.57. The molecule has 0 bridgehead atoms. The molecular formula is C18H26O21. The molecule has 21 nitrogen and oxygen atoms in total. The molecule has 0 spiro atoms. The average molecular weight is 578 g/mol. The Morgan fingerprint density at radius 2 is 0.846 bits per heavy atom. The van der Waals surface area contributed by atoms with Crippen molar-refractivity contribution in [3.63, 3.8) is 0 Å². The van der Waals surface area contributed by atoms with Crippen molar-refractivity contribution < 1.29 is 105 Å². The van der Waals surface area contributed by atoms with E-state index in [4.69, 9.17) is 15.3 Å². The molecule has 13 N–H and O–H groups in total. The molecule has 39 heavy (non-hydrogen) atoms. The molecule has 0 rings (SSSR count). The van der Waals surface area contributed by atoms with Gasteiger partial charge in [0.2, 0.25) is 6.10 Å². The SMILES string of the molecule is O=C[C@H](O)[C@@H](O)[C@H](O)[C@H](O)C(=O)O[C@@H]([C@@H](O)[C@H](O)C(=O)O)[C@@H](OC(=O)[C@H](O)[C@@H](O)[C@@H](O)[C@H](O)C(=O)O)C(=O)O. The van der Waals surface area contributed by atoms with E-state index in [1.165, 1.54) is 0 Å². The Labute approximate surface area is 214 Å². The average Bonchev–Trinajstić information content (AvgIpc) is 2.89. The third-order valence-electron chi connectivity index (χ3n) is 4.85. The van der Waals surface area contributed by atoms with E-state index in [1.807, 2.05) is 0 Å². The molecule has 224 valence electrons. The highest BCUT2D eigenvalue weighted by Crippen LogP contribution is 2.18. The zero-order valence-electron chi connectivity index (χ0n) is 19.1. The first-order chi connectivity index (χ1) is 17.8. The lowest BCUT2D eigenvalue weighted by Gasteiger charge is -2.31. The normalized spacial score (nSPS) is 20.8. The van der Waals surface area contributed by atoms with Gasteiger partial charge in [0, 0.05) is 0 Å². The first-order valence-electron chi connectivity index (χ1n) is 10.2. The summed E-state index contributed by atoms with van der Waals surface area (Å²) in [7, 11) is 0. The third kappa shape index (κ3) is 9.39. The number of carboxylic acid groups (broad SMARTS) is 3. The molecule has 0 heterocycles. The van der Waals surface area contributed by atoms with E-state index in [0.717, 1.165) is 0 Å². The highest BCUT2D eigenvalue weighted by Gasteiger charge is 2.48. The van der Waals surface area contributed by atoms with E-state index in [1.54, 1.807) is 0 Å². The van der Waals surface area contributed by atoms with Crippen molar-refractivity contribution >= 4 is 36.1 Å². The molecule has 0 aliphatic rings. The number of aliphatic carboxylic acids is 3. The van der Waals surface area contributed by atoms with E-state index in [-0.39, 0.29) is 6.29 Å². The van der Waals surface area contributed by atoms with Crippen LogP contribution in [0, 0.1) is 0 Å². The number of esters is 2. The van der Waals surface area contributed by atoms with Crippen LogP contribution >= 0.6 is 0 Å². The Morgan fingerprint density at radius 1 is 0.487 bits per heavy atom. The quantitative estimate of drug-likeness (QED) is 0.0562. The minimum absolute atomic E-state index is 0.340. The predicted molar refractivity (Wildman–Crippen MR) is 109 cm³/mol. The van der Waals surface area contributed by atoms with Gasteiger partial charge in [-0.1, -0.05) is 0 Å². The summed E-state index contributed by atoms with van der Waals surface area (Å²) in [6.45, 7) is 0. The van der Waals surface area contributed by atoms with E-state index < -0.39 is 103 Å². The second-order valence-corrected chi connectivity index (χ2v) is 7.63. The van der Waals surface area contributed by atoms with Gasteiger partial charge in [-0.2, -0.15) is 0 Å². The van der Waals surface area contributed by atoms with Gasteiger partial charge in [0.15, 0.2) is 36.8 Å². The number of rotatable bonds is 17. The Kier molecular flexibility index (Phi) is 13.9. The summed E-state index contributed by atoms with van der Waals surface area (Å²) in [6, 6.07) is 0. The van der Waals surface area contributed by atoms with Gasteiger partial charge in [0.25, 0.3) is 0 Å². The monoisotopic (exact) mass is 578 g/mol. The van der Waals surface area contributed by atoms with Crippen LogP contribution in [0.5, 0.6) is 0 Å². The molecule has 0 aromatic heterocycles. The van der Waals surface area contributed by atoms with Gasteiger partial charge in [-0.05, 0) is 0 Å². The molecule has 0 radical (unpaired) electrons. The molecule has 0 saturated carbocycles. The number of aliphatic hydroxyl groups excluding tert-OH is 10. The summed E-state index contributed by atoms with van der Waals surface area (Å²) in [6.07, 6.45) is -34.8. The van der Waals surface area contributed by atoms with Crippen LogP contribution in [0.2, 0.25) is 0 Å². The van der Waals surface area contributed by atoms with Crippen LogP contribution in [0.4, 0.5) is 0 Å². The topological polar surface area (TPSA) is 384 Å². The van der Waals surface area contributed by atoms with Crippen molar-refractivity contribution in [1.29, 1.82) is 0 Å². The van der Waals surface area contributed by atoms with E-state index >= 15 is 0 Å². The Balaban J connectivity index is 6.16. The minimum atomic E-state index is -3.14. The van der Waals surface area contributed by atoms with Crippen LogP contribution < -0.4 is 0 Å². The molecular weight excluding hydrogens is 552 g/mol. The van der Waals surface area contributed by atoms with Gasteiger partial charge in [0.1, 0.15) is 36.6 Å². The largest absolute Gasteiger partial charge is 0.479 e. The molecule has 12 atom stereocenters. The van der Waals surface area contributed by atoms with E-state index in [9.17, 15) is 79.8 Å². The zero-order valence-corrected chi connectivity index (χ0v) is 19.1. The van der Waals surface area contributed by atoms with Gasteiger partial charge in [-0.25, -0.2) is 24.0 Å². The lowest BCUT2D eigenvalue weighted by atomic mass is 10.0. The standard InChI is InChI=1S/C18H26O21/c19-1-2(20)3(21)4(22)10(28)17(36)38-12(7(25)9(27)15(32)33)13(16(34)35)39-18(37)11(29)6(24)5(23)8(26)14(30)31/h1-13,20-29H,(H,30,31)(H,32,33)(H,34,35)/t2-,3+,4-,5+,6-,7-,8-,9-,10-,11+,12-,13+/m0/s1. The van der Waals surface area contributed by atoms with Crippen molar-refractivity contribution in [3.05, 3.63) is 0 Å². The Morgan fingerprint density at radius 3 is 1.23 bits per heavy atom. The number of hydrogen-bond donors (Lipinski definition) is 13. The maximum absolute atomic E-state index is 12.2. The fraction of sp³-hybridized carbons (Fsp3) is 0.667. The van der Waals surface area contributed by atoms with Crippen molar-refractivity contribution in [2.75, 3.05) is 0 Å². The fourth-order valence-corrected chi connectivity index (χ4v) is 2.56. The second-order valence-electron chi connectivity index (χ2n) is 7.63. The van der Waals surface area contributed by atoms with Crippen LogP contribution in [-0.2, 0) is 38.2 Å². The van der Waals surface area contributed by atoms with Crippen LogP contribution in [-0.4, -0.2) is 176 Å². The predicted octanol–water partition coefficient (Wildman–Crippen LogP) is -9.13. The molecule has 0 saturated heterocycles. The van der Waals surface area contributed by atoms with Crippen LogP contribution in [0.1, 0.15) is 0 Å². The number of carbonyl (C=O) groups excluding carboxylic acids is 3. The van der Waals surface area contributed by atoms with Crippen LogP contribution in [0.3, 0.4) is 0 Å². The number of ether oxygens (including phenoxy) is 2. The van der Waals surface area contributed by atoms with E-state index in [2.05, 4.69) is 9.47 Å². The van der Waals surface area contributed by atoms with Crippen LogP contribution in [0.25, 0.3) is 0 Å². The third-order valence-corrected chi connectivity index (χ3v) is 4.85. The number of carbonyl (C=O) groups is 6. The van der Waals surface area contributed by atoms with Crippen LogP contribution in [0.15, 0.2) is 0 Å². The van der Waals surface area contributed by atoms with Gasteiger partial charge < -0.3 is 80.7 Å². The summed E-state index contributed by atoms with van der Waals surface area (Å²) in [5.41, 5.74) is 0. The van der Waals surface area contributed by atoms with Gasteiger partial charge in [0.05, 0.1) is 0 Å². The smallest absolute Gasteiger partial charge is 0.349 e. The van der Waals surface area contributed by atoms with Crippen molar-refractivity contribution in [1.82, 2.24) is 0 Å². The lowest BCUT2D eigenvalue weighted by molar-refractivity contribution is -0.209. The fourth-order valence-electron chi connectivity index (χ4n) is 2.56. The summed E-state index contributed by atoms with van der Waals surface area (Å²) in [5.74, 6) is -11.4. The lowest BCUT2D eigenvalue weighted by Crippen LogP contribution is -2.57. The van der Waals surface area contributed by atoms with Gasteiger partial charge >= 0.3 is 29.8 Å². The van der Waals surface area contributed by atoms with Crippen molar-refractivity contribution in [2.24, 2.45) is 0 Å².